The van der Waals surface area contributed by atoms with Gasteiger partial charge in [-0.25, -0.2) is 0 Å². The molecule has 1 aliphatic rings. The number of methoxy groups -OCH3 is 1. The first-order chi connectivity index (χ1) is 9.10. The van der Waals surface area contributed by atoms with Crippen molar-refractivity contribution in [3.05, 3.63) is 12.2 Å². The van der Waals surface area contributed by atoms with Crippen LogP contribution < -0.4 is 0 Å². The molecule has 0 radical (unpaired) electrons. The fourth-order valence-electron chi connectivity index (χ4n) is 2.78. The largest absolute Gasteiger partial charge is 0.469 e. The number of hydrogen-bond acceptors (Lipinski definition) is 4. The van der Waals surface area contributed by atoms with Crippen molar-refractivity contribution in [1.82, 2.24) is 0 Å². The van der Waals surface area contributed by atoms with Crippen LogP contribution in [0.25, 0.3) is 0 Å². The van der Waals surface area contributed by atoms with Crippen LogP contribution in [-0.2, 0) is 14.3 Å². The number of aldehydes is 1. The monoisotopic (exact) mass is 268 g/mol. The molecule has 1 N–H and O–H groups in total. The minimum atomic E-state index is -0.370. The molecular weight excluding hydrogens is 244 g/mol. The van der Waals surface area contributed by atoms with Crippen LogP contribution in [-0.4, -0.2) is 30.6 Å². The Hall–Kier alpha value is -1.16. The molecule has 4 heteroatoms. The maximum Gasteiger partial charge on any atom is 0.305 e. The zero-order chi connectivity index (χ0) is 14.3. The maximum absolute atomic E-state index is 11.0. The summed E-state index contributed by atoms with van der Waals surface area (Å²) in [6, 6.07) is 0. The zero-order valence-electron chi connectivity index (χ0n) is 11.7. The molecule has 4 atom stereocenters. The molecule has 19 heavy (non-hydrogen) atoms. The fourth-order valence-corrected chi connectivity index (χ4v) is 2.78. The molecular formula is C15H24O4. The van der Waals surface area contributed by atoms with E-state index in [1.54, 1.807) is 0 Å². The van der Waals surface area contributed by atoms with E-state index in [1.165, 1.54) is 7.11 Å². The summed E-state index contributed by atoms with van der Waals surface area (Å²) in [6.07, 6.45) is 8.10. The Labute approximate surface area is 114 Å². The van der Waals surface area contributed by atoms with Crippen molar-refractivity contribution in [1.29, 1.82) is 0 Å². The predicted octanol–water partition coefficient (Wildman–Crippen LogP) is 2.11. The van der Waals surface area contributed by atoms with Crippen LogP contribution in [0.5, 0.6) is 0 Å². The Balaban J connectivity index is 2.27. The number of aliphatic hydroxyl groups is 1. The van der Waals surface area contributed by atoms with E-state index in [0.29, 0.717) is 12.8 Å². The Morgan fingerprint density at radius 3 is 2.79 bits per heavy atom. The average molecular weight is 268 g/mol. The van der Waals surface area contributed by atoms with Gasteiger partial charge in [-0.1, -0.05) is 19.1 Å². The highest BCUT2D eigenvalue weighted by Crippen LogP contribution is 2.38. The van der Waals surface area contributed by atoms with Gasteiger partial charge in [0, 0.05) is 12.3 Å². The van der Waals surface area contributed by atoms with E-state index in [2.05, 4.69) is 4.74 Å². The van der Waals surface area contributed by atoms with Crippen LogP contribution in [0.2, 0.25) is 0 Å². The number of rotatable bonds is 7. The van der Waals surface area contributed by atoms with Crippen molar-refractivity contribution < 1.29 is 19.4 Å². The lowest BCUT2D eigenvalue weighted by molar-refractivity contribution is -0.140. The Kier molecular flexibility index (Phi) is 6.78. The summed E-state index contributed by atoms with van der Waals surface area (Å²) in [5, 5.41) is 9.91. The molecule has 0 amide bonds. The number of aliphatic hydroxyl groups excluding tert-OH is 1. The highest BCUT2D eigenvalue weighted by Gasteiger charge is 2.38. The lowest BCUT2D eigenvalue weighted by Crippen LogP contribution is -2.20. The molecule has 0 aromatic heterocycles. The summed E-state index contributed by atoms with van der Waals surface area (Å²) < 4.78 is 4.56. The first-order valence-electron chi connectivity index (χ1n) is 6.95. The van der Waals surface area contributed by atoms with E-state index in [1.807, 2.05) is 19.1 Å². The summed E-state index contributed by atoms with van der Waals surface area (Å²) in [5.74, 6) is 0.0961. The Bertz CT molecular complexity index is 324. The van der Waals surface area contributed by atoms with Crippen LogP contribution in [0.4, 0.5) is 0 Å². The molecule has 1 rings (SSSR count). The van der Waals surface area contributed by atoms with Gasteiger partial charge in [-0.05, 0) is 37.5 Å². The molecule has 0 aromatic carbocycles. The van der Waals surface area contributed by atoms with Gasteiger partial charge < -0.3 is 14.6 Å². The van der Waals surface area contributed by atoms with Gasteiger partial charge in [0.05, 0.1) is 13.2 Å². The summed E-state index contributed by atoms with van der Waals surface area (Å²) >= 11 is 0. The third-order valence-electron chi connectivity index (χ3n) is 3.97. The van der Waals surface area contributed by atoms with E-state index < -0.39 is 0 Å². The molecule has 0 spiro atoms. The maximum atomic E-state index is 11.0. The Morgan fingerprint density at radius 2 is 2.16 bits per heavy atom. The first kappa shape index (κ1) is 15.9. The lowest BCUT2D eigenvalue weighted by atomic mass is 9.89. The van der Waals surface area contributed by atoms with Crippen molar-refractivity contribution in [3.8, 4) is 0 Å². The van der Waals surface area contributed by atoms with Crippen molar-refractivity contribution in [2.24, 2.45) is 17.8 Å². The first-order valence-corrected chi connectivity index (χ1v) is 6.95. The third kappa shape index (κ3) is 4.78. The van der Waals surface area contributed by atoms with Gasteiger partial charge in [0.2, 0.25) is 0 Å². The molecule has 0 heterocycles. The number of unbranched alkanes of at least 4 members (excludes halogenated alkanes) is 1. The van der Waals surface area contributed by atoms with Gasteiger partial charge in [-0.15, -0.1) is 0 Å². The number of esters is 1. The van der Waals surface area contributed by atoms with Crippen LogP contribution in [0.3, 0.4) is 0 Å². The number of carbonyl (C=O) groups excluding carboxylic acids is 2. The summed E-state index contributed by atoms with van der Waals surface area (Å²) in [4.78, 5) is 21.9. The van der Waals surface area contributed by atoms with Gasteiger partial charge in [-0.3, -0.25) is 4.79 Å². The third-order valence-corrected chi connectivity index (χ3v) is 3.97. The lowest BCUT2D eigenvalue weighted by Gasteiger charge is -2.17. The van der Waals surface area contributed by atoms with Crippen molar-refractivity contribution in [3.63, 3.8) is 0 Å². The van der Waals surface area contributed by atoms with Gasteiger partial charge in [0.1, 0.15) is 6.29 Å². The van der Waals surface area contributed by atoms with Crippen LogP contribution in [0.15, 0.2) is 12.2 Å². The topological polar surface area (TPSA) is 63.6 Å². The second-order valence-corrected chi connectivity index (χ2v) is 5.33. The highest BCUT2D eigenvalue weighted by molar-refractivity contribution is 5.69. The minimum absolute atomic E-state index is 0.0327. The van der Waals surface area contributed by atoms with E-state index >= 15 is 0 Å². The molecule has 1 fully saturated rings. The molecule has 1 aliphatic carbocycles. The van der Waals surface area contributed by atoms with E-state index in [4.69, 9.17) is 0 Å². The summed E-state index contributed by atoms with van der Waals surface area (Å²) in [6.45, 7) is 2.02. The summed E-state index contributed by atoms with van der Waals surface area (Å²) in [5.41, 5.74) is 0. The normalized spacial score (nSPS) is 30.7. The van der Waals surface area contributed by atoms with Crippen molar-refractivity contribution in [2.45, 2.75) is 45.1 Å². The molecule has 0 aliphatic heterocycles. The van der Waals surface area contributed by atoms with Crippen LogP contribution in [0, 0.1) is 17.8 Å². The molecule has 0 bridgehead atoms. The highest BCUT2D eigenvalue weighted by atomic mass is 16.5. The van der Waals surface area contributed by atoms with Gasteiger partial charge in [-0.2, -0.15) is 0 Å². The fraction of sp³-hybridized carbons (Fsp3) is 0.733. The van der Waals surface area contributed by atoms with Crippen LogP contribution >= 0.6 is 0 Å². The Morgan fingerprint density at radius 1 is 1.42 bits per heavy atom. The van der Waals surface area contributed by atoms with Gasteiger partial charge >= 0.3 is 5.97 Å². The van der Waals surface area contributed by atoms with E-state index in [9.17, 15) is 14.7 Å². The van der Waals surface area contributed by atoms with Crippen LogP contribution in [0.1, 0.15) is 39.0 Å². The molecule has 108 valence electrons. The van der Waals surface area contributed by atoms with E-state index in [-0.39, 0.29) is 29.8 Å². The molecule has 0 saturated heterocycles. The number of hydrogen-bond donors (Lipinski definition) is 1. The zero-order valence-corrected chi connectivity index (χ0v) is 11.7. The minimum Gasteiger partial charge on any atom is -0.469 e. The smallest absolute Gasteiger partial charge is 0.305 e. The van der Waals surface area contributed by atoms with Crippen molar-refractivity contribution in [2.75, 3.05) is 7.11 Å². The average Bonchev–Trinajstić information content (AvgIpc) is 2.67. The van der Waals surface area contributed by atoms with Crippen molar-refractivity contribution >= 4 is 12.3 Å². The summed E-state index contributed by atoms with van der Waals surface area (Å²) in [7, 11) is 1.39. The van der Waals surface area contributed by atoms with Gasteiger partial charge in [0.15, 0.2) is 0 Å². The number of carbonyl (C=O) groups is 2. The quantitative estimate of drug-likeness (QED) is 0.332. The second-order valence-electron chi connectivity index (χ2n) is 5.33. The second kappa shape index (κ2) is 8.10. The molecule has 4 nitrogen and oxygen atoms in total. The van der Waals surface area contributed by atoms with Gasteiger partial charge in [0.25, 0.3) is 0 Å². The molecule has 4 unspecified atom stereocenters. The number of ether oxygens (including phenoxy) is 1. The molecule has 1 saturated carbocycles. The van der Waals surface area contributed by atoms with E-state index in [0.717, 1.165) is 25.5 Å². The number of allylic oxidation sites excluding steroid dienone is 2. The SMILES string of the molecule is COC(=O)CCC/C=C/CC1C(O)CC(C)C1C=O. The predicted molar refractivity (Wildman–Crippen MR) is 72.5 cm³/mol. The molecule has 0 aromatic rings. The standard InChI is InChI=1S/C15H24O4/c1-11-9-14(17)12(13(11)10-16)7-5-3-4-6-8-15(18)19-2/h3,5,10-14,17H,4,6-9H2,1-2H3/b5-3+.